The molecule has 2 amide bonds. The van der Waals surface area contributed by atoms with Crippen LogP contribution in [0.1, 0.15) is 5.56 Å². The third-order valence-corrected chi connectivity index (χ3v) is 4.86. The van der Waals surface area contributed by atoms with Crippen LogP contribution < -0.4 is 10.0 Å². The molecule has 0 aliphatic carbocycles. The van der Waals surface area contributed by atoms with Crippen LogP contribution in [0.2, 0.25) is 0 Å². The van der Waals surface area contributed by atoms with Crippen molar-refractivity contribution in [2.45, 2.75) is 0 Å². The van der Waals surface area contributed by atoms with Crippen LogP contribution in [0.15, 0.2) is 29.2 Å². The molecular weight excluding hydrogens is 324 g/mol. The summed E-state index contributed by atoms with van der Waals surface area (Å²) in [6.45, 7) is -0.618. The predicted octanol–water partition coefficient (Wildman–Crippen LogP) is -0.0157. The van der Waals surface area contributed by atoms with Crippen LogP contribution in [0.3, 0.4) is 0 Å². The second-order valence-electron chi connectivity index (χ2n) is 4.72. The molecule has 1 aromatic carbocycles. The fourth-order valence-corrected chi connectivity index (χ4v) is 3.73. The number of carbonyl (C=O) groups excluding carboxylic acids is 3. The van der Waals surface area contributed by atoms with E-state index in [4.69, 9.17) is 12.2 Å². The van der Waals surface area contributed by atoms with Gasteiger partial charge in [0.2, 0.25) is 0 Å². The monoisotopic (exact) mass is 333 g/mol. The Morgan fingerprint density at radius 1 is 1.27 bits per heavy atom. The molecule has 1 saturated heterocycles. The second kappa shape index (κ2) is 5.22. The van der Waals surface area contributed by atoms with Gasteiger partial charge in [0.05, 0.1) is 28.7 Å². The summed E-state index contributed by atoms with van der Waals surface area (Å²) in [5.74, 6) is -2.29. The van der Waals surface area contributed by atoms with E-state index >= 15 is 0 Å². The number of hydrogen-bond acceptors (Lipinski definition) is 6. The number of fused-ring (bicyclic) bond motifs is 1. The van der Waals surface area contributed by atoms with Crippen molar-refractivity contribution in [1.29, 1.82) is 0 Å². The Morgan fingerprint density at radius 2 is 1.95 bits per heavy atom. The van der Waals surface area contributed by atoms with Crippen LogP contribution in [0.25, 0.3) is 5.57 Å². The highest BCUT2D eigenvalue weighted by atomic mass is 32.2. The van der Waals surface area contributed by atoms with E-state index in [0.717, 1.165) is 16.7 Å². The zero-order valence-corrected chi connectivity index (χ0v) is 13.0. The van der Waals surface area contributed by atoms with E-state index in [2.05, 4.69) is 0 Å². The molecule has 2 aliphatic rings. The summed E-state index contributed by atoms with van der Waals surface area (Å²) >= 11 is 5.97. The molecule has 0 unspecified atom stereocenters. The van der Waals surface area contributed by atoms with Gasteiger partial charge >= 0.3 is 0 Å². The van der Waals surface area contributed by atoms with Crippen LogP contribution in [0, 0.1) is 0 Å². The van der Waals surface area contributed by atoms with Gasteiger partial charge in [0.1, 0.15) is 4.32 Å². The van der Waals surface area contributed by atoms with E-state index in [1.165, 1.54) is 4.90 Å². The minimum absolute atomic E-state index is 0.108. The molecular formula is C14H9N2O4S2-. The maximum atomic E-state index is 12.4. The first-order valence-corrected chi connectivity index (χ1v) is 7.49. The summed E-state index contributed by atoms with van der Waals surface area (Å²) in [6.07, 6.45) is 0. The number of aliphatic carboxylic acids is 1. The predicted molar refractivity (Wildman–Crippen MR) is 83.7 cm³/mol. The molecule has 0 radical (unpaired) electrons. The van der Waals surface area contributed by atoms with Crippen molar-refractivity contribution in [1.82, 2.24) is 4.90 Å². The summed E-state index contributed by atoms with van der Waals surface area (Å²) in [4.78, 5) is 38.1. The zero-order chi connectivity index (χ0) is 16.0. The summed E-state index contributed by atoms with van der Waals surface area (Å²) < 4.78 is 0.108. The van der Waals surface area contributed by atoms with Crippen LogP contribution in [-0.2, 0) is 14.4 Å². The van der Waals surface area contributed by atoms with Gasteiger partial charge < -0.3 is 14.8 Å². The minimum Gasteiger partial charge on any atom is -0.548 e. The van der Waals surface area contributed by atoms with Crippen molar-refractivity contribution in [2.24, 2.45) is 0 Å². The average Bonchev–Trinajstić information content (AvgIpc) is 2.88. The maximum Gasteiger partial charge on any atom is 0.267 e. The average molecular weight is 333 g/mol. The standard InChI is InChI=1S/C14H10N2O4S2/c1-15-8-5-3-2-4-7(8)10(12(15)19)11-13(20)16(6-9(17)18)14(21)22-11/h2-5H,6H2,1H3,(H,17,18)/p-1. The van der Waals surface area contributed by atoms with Crippen molar-refractivity contribution in [2.75, 3.05) is 18.5 Å². The molecule has 0 aromatic heterocycles. The Kier molecular flexibility index (Phi) is 3.50. The number of benzene rings is 1. The van der Waals surface area contributed by atoms with E-state index in [9.17, 15) is 19.5 Å². The molecule has 0 N–H and O–H groups in total. The normalized spacial score (nSPS) is 20.9. The summed E-state index contributed by atoms with van der Waals surface area (Å²) in [6, 6.07) is 7.10. The summed E-state index contributed by atoms with van der Waals surface area (Å²) in [7, 11) is 1.62. The lowest BCUT2D eigenvalue weighted by Crippen LogP contribution is -2.40. The molecule has 1 fully saturated rings. The van der Waals surface area contributed by atoms with Crippen LogP contribution in [0.5, 0.6) is 0 Å². The minimum atomic E-state index is -1.40. The molecule has 1 aromatic rings. The van der Waals surface area contributed by atoms with E-state index in [1.54, 1.807) is 31.3 Å². The smallest absolute Gasteiger partial charge is 0.267 e. The van der Waals surface area contributed by atoms with E-state index < -0.39 is 18.4 Å². The molecule has 0 spiro atoms. The van der Waals surface area contributed by atoms with Gasteiger partial charge in [-0.1, -0.05) is 42.2 Å². The SMILES string of the molecule is CN1C(=O)C(=C2SC(=S)N(CC(=O)[O-])C2=O)c2ccccc21. The van der Waals surface area contributed by atoms with Gasteiger partial charge in [-0.3, -0.25) is 14.5 Å². The molecule has 2 aliphatic heterocycles. The number of thiocarbonyl (C=S) groups is 1. The molecule has 0 saturated carbocycles. The number of amides is 2. The van der Waals surface area contributed by atoms with Crippen LogP contribution in [-0.4, -0.2) is 40.6 Å². The fourth-order valence-electron chi connectivity index (χ4n) is 2.40. The van der Waals surface area contributed by atoms with Gasteiger partial charge in [0.25, 0.3) is 11.8 Å². The highest BCUT2D eigenvalue weighted by molar-refractivity contribution is 8.26. The number of carboxylic acids is 1. The fraction of sp³-hybridized carbons (Fsp3) is 0.143. The largest absolute Gasteiger partial charge is 0.548 e. The third-order valence-electron chi connectivity index (χ3n) is 3.42. The Morgan fingerprint density at radius 3 is 2.64 bits per heavy atom. The van der Waals surface area contributed by atoms with Crippen molar-refractivity contribution in [3.8, 4) is 0 Å². The lowest BCUT2D eigenvalue weighted by Gasteiger charge is -2.14. The number of carboxylic acid groups (broad SMARTS) is 1. The third kappa shape index (κ3) is 2.11. The molecule has 6 nitrogen and oxygen atoms in total. The first-order chi connectivity index (χ1) is 10.4. The van der Waals surface area contributed by atoms with Gasteiger partial charge in [-0.05, 0) is 6.07 Å². The Hall–Kier alpha value is -2.19. The number of para-hydroxylation sites is 1. The molecule has 0 atom stereocenters. The highest BCUT2D eigenvalue weighted by Gasteiger charge is 2.40. The quantitative estimate of drug-likeness (QED) is 0.559. The Bertz CT molecular complexity index is 772. The zero-order valence-electron chi connectivity index (χ0n) is 11.4. The van der Waals surface area contributed by atoms with Crippen LogP contribution in [0.4, 0.5) is 5.69 Å². The van der Waals surface area contributed by atoms with Gasteiger partial charge in [-0.15, -0.1) is 0 Å². The molecule has 2 heterocycles. The first kappa shape index (κ1) is 14.7. The Balaban J connectivity index is 2.12. The molecule has 112 valence electrons. The van der Waals surface area contributed by atoms with Gasteiger partial charge in [0.15, 0.2) is 0 Å². The number of nitrogens with zero attached hydrogens (tertiary/aromatic N) is 2. The topological polar surface area (TPSA) is 80.8 Å². The second-order valence-corrected chi connectivity index (χ2v) is 6.36. The summed E-state index contributed by atoms with van der Waals surface area (Å²) in [5, 5.41) is 10.7. The highest BCUT2D eigenvalue weighted by Crippen LogP contribution is 2.43. The van der Waals surface area contributed by atoms with Crippen molar-refractivity contribution in [3.05, 3.63) is 34.7 Å². The molecule has 8 heteroatoms. The lowest BCUT2D eigenvalue weighted by atomic mass is 10.1. The number of rotatable bonds is 2. The van der Waals surface area contributed by atoms with Gasteiger partial charge in [0, 0.05) is 12.6 Å². The molecule has 0 bridgehead atoms. The first-order valence-electron chi connectivity index (χ1n) is 6.27. The number of carbonyl (C=O) groups is 3. The van der Waals surface area contributed by atoms with Crippen molar-refractivity contribution >= 4 is 57.3 Å². The van der Waals surface area contributed by atoms with E-state index in [1.807, 2.05) is 0 Å². The number of hydrogen-bond donors (Lipinski definition) is 0. The number of likely N-dealkylation sites (N-methyl/N-ethyl adjacent to an activating group) is 1. The number of thioether (sulfide) groups is 1. The molecule has 22 heavy (non-hydrogen) atoms. The molecule has 3 rings (SSSR count). The van der Waals surface area contributed by atoms with Crippen LogP contribution >= 0.6 is 24.0 Å². The van der Waals surface area contributed by atoms with Crippen molar-refractivity contribution < 1.29 is 19.5 Å². The van der Waals surface area contributed by atoms with Gasteiger partial charge in [-0.2, -0.15) is 0 Å². The lowest BCUT2D eigenvalue weighted by molar-refractivity contribution is -0.305. The Labute approximate surface area is 135 Å². The van der Waals surface area contributed by atoms with E-state index in [0.29, 0.717) is 11.3 Å². The maximum absolute atomic E-state index is 12.4. The van der Waals surface area contributed by atoms with Crippen molar-refractivity contribution in [3.63, 3.8) is 0 Å². The number of anilines is 1. The van der Waals surface area contributed by atoms with Gasteiger partial charge in [-0.25, -0.2) is 0 Å². The summed E-state index contributed by atoms with van der Waals surface area (Å²) in [5.41, 5.74) is 1.60. The van der Waals surface area contributed by atoms with E-state index in [-0.39, 0.29) is 20.7 Å².